The molecule has 2 aromatic carbocycles. The predicted molar refractivity (Wildman–Crippen MR) is 98.8 cm³/mol. The first-order valence-electron chi connectivity index (χ1n) is 8.52. The van der Waals surface area contributed by atoms with Crippen molar-refractivity contribution in [2.45, 2.75) is 11.8 Å². The molecule has 0 radical (unpaired) electrons. The van der Waals surface area contributed by atoms with Crippen molar-refractivity contribution in [1.82, 2.24) is 9.21 Å². The van der Waals surface area contributed by atoms with Crippen LogP contribution >= 0.6 is 0 Å². The number of nitrogens with zero attached hydrogens (tertiary/aromatic N) is 2. The summed E-state index contributed by atoms with van der Waals surface area (Å²) in [5.41, 5.74) is 0.996. The van der Waals surface area contributed by atoms with E-state index in [-0.39, 0.29) is 42.5 Å². The summed E-state index contributed by atoms with van der Waals surface area (Å²) in [5.74, 6) is -0.150. The van der Waals surface area contributed by atoms with Gasteiger partial charge in [-0.15, -0.1) is 0 Å². The lowest BCUT2D eigenvalue weighted by atomic mass is 10.2. The van der Waals surface area contributed by atoms with E-state index in [2.05, 4.69) is 0 Å². The van der Waals surface area contributed by atoms with Gasteiger partial charge in [0.25, 0.3) is 5.91 Å². The predicted octanol–water partition coefficient (Wildman–Crippen LogP) is 2.29. The van der Waals surface area contributed by atoms with Crippen LogP contribution in [-0.4, -0.2) is 56.8 Å². The molecule has 0 N–H and O–H groups in total. The summed E-state index contributed by atoms with van der Waals surface area (Å²) in [4.78, 5) is 14.2. The minimum atomic E-state index is -3.65. The topological polar surface area (TPSA) is 66.9 Å². The lowest BCUT2D eigenvalue weighted by Crippen LogP contribution is -2.50. The van der Waals surface area contributed by atoms with Crippen LogP contribution in [0.2, 0.25) is 0 Å². The molecule has 2 aromatic rings. The Morgan fingerprint density at radius 3 is 2.37 bits per heavy atom. The second-order valence-electron chi connectivity index (χ2n) is 6.34. The Morgan fingerprint density at radius 1 is 1.07 bits per heavy atom. The van der Waals surface area contributed by atoms with E-state index in [9.17, 15) is 17.6 Å². The van der Waals surface area contributed by atoms with Crippen molar-refractivity contribution in [1.29, 1.82) is 0 Å². The van der Waals surface area contributed by atoms with E-state index in [1.165, 1.54) is 35.7 Å². The summed E-state index contributed by atoms with van der Waals surface area (Å²) in [6.07, 6.45) is 0. The first-order chi connectivity index (χ1) is 12.8. The number of methoxy groups -OCH3 is 1. The van der Waals surface area contributed by atoms with Gasteiger partial charge in [-0.05, 0) is 48.9 Å². The third kappa shape index (κ3) is 3.96. The maximum Gasteiger partial charge on any atom is 0.254 e. The van der Waals surface area contributed by atoms with Crippen LogP contribution in [0, 0.1) is 12.7 Å². The van der Waals surface area contributed by atoms with Gasteiger partial charge < -0.3 is 9.64 Å². The van der Waals surface area contributed by atoms with E-state index in [4.69, 9.17) is 4.74 Å². The third-order valence-electron chi connectivity index (χ3n) is 4.60. The number of hydrogen-bond donors (Lipinski definition) is 0. The Bertz CT molecular complexity index is 954. The average molecular weight is 392 g/mol. The van der Waals surface area contributed by atoms with E-state index in [1.54, 1.807) is 30.0 Å². The maximum atomic E-state index is 13.3. The minimum Gasteiger partial charge on any atom is -0.496 e. The van der Waals surface area contributed by atoms with Crippen LogP contribution in [0.5, 0.6) is 5.75 Å². The fraction of sp³-hybridized carbons (Fsp3) is 0.316. The normalized spacial score (nSPS) is 15.6. The number of benzene rings is 2. The molecule has 1 aliphatic rings. The van der Waals surface area contributed by atoms with Gasteiger partial charge in [-0.2, -0.15) is 4.31 Å². The Morgan fingerprint density at radius 2 is 1.78 bits per heavy atom. The molecule has 6 nitrogen and oxygen atoms in total. The summed E-state index contributed by atoms with van der Waals surface area (Å²) in [7, 11) is -2.12. The van der Waals surface area contributed by atoms with Crippen LogP contribution in [0.4, 0.5) is 4.39 Å². The highest BCUT2D eigenvalue weighted by atomic mass is 32.2. The van der Waals surface area contributed by atoms with E-state index >= 15 is 0 Å². The molecule has 27 heavy (non-hydrogen) atoms. The SMILES string of the molecule is COc1ccc(S(=O)(=O)N2CCN(C(=O)c3cccc(F)c3)CC2)cc1C. The van der Waals surface area contributed by atoms with Gasteiger partial charge in [-0.25, -0.2) is 12.8 Å². The minimum absolute atomic E-state index is 0.189. The molecular weight excluding hydrogens is 371 g/mol. The van der Waals surface area contributed by atoms with Crippen molar-refractivity contribution in [3.05, 3.63) is 59.4 Å². The molecule has 1 aliphatic heterocycles. The van der Waals surface area contributed by atoms with Crippen molar-refractivity contribution in [2.75, 3.05) is 33.3 Å². The van der Waals surface area contributed by atoms with Crippen LogP contribution in [0.1, 0.15) is 15.9 Å². The molecule has 1 saturated heterocycles. The second-order valence-corrected chi connectivity index (χ2v) is 8.28. The van der Waals surface area contributed by atoms with Crippen LogP contribution in [0.3, 0.4) is 0 Å². The summed E-state index contributed by atoms with van der Waals surface area (Å²) >= 11 is 0. The van der Waals surface area contributed by atoms with Gasteiger partial charge in [0.1, 0.15) is 11.6 Å². The van der Waals surface area contributed by atoms with Crippen molar-refractivity contribution in [2.24, 2.45) is 0 Å². The molecule has 0 spiro atoms. The van der Waals surface area contributed by atoms with Crippen LogP contribution in [0.25, 0.3) is 0 Å². The molecule has 0 atom stereocenters. The number of aryl methyl sites for hydroxylation is 1. The quantitative estimate of drug-likeness (QED) is 0.801. The summed E-state index contributed by atoms with van der Waals surface area (Å²) in [6, 6.07) is 10.2. The number of amides is 1. The van der Waals surface area contributed by atoms with Crippen molar-refractivity contribution >= 4 is 15.9 Å². The molecule has 1 fully saturated rings. The smallest absolute Gasteiger partial charge is 0.254 e. The molecule has 8 heteroatoms. The number of rotatable bonds is 4. The molecule has 1 heterocycles. The zero-order valence-electron chi connectivity index (χ0n) is 15.2. The van der Waals surface area contributed by atoms with Gasteiger partial charge in [0.2, 0.25) is 10.0 Å². The van der Waals surface area contributed by atoms with Crippen molar-refractivity contribution < 1.29 is 22.3 Å². The van der Waals surface area contributed by atoms with Crippen LogP contribution < -0.4 is 4.74 Å². The molecule has 0 unspecified atom stereocenters. The first kappa shape index (κ1) is 19.3. The molecule has 3 rings (SSSR count). The van der Waals surface area contributed by atoms with E-state index < -0.39 is 15.8 Å². The summed E-state index contributed by atoms with van der Waals surface area (Å²) in [5, 5.41) is 0. The van der Waals surface area contributed by atoms with Crippen molar-refractivity contribution in [3.8, 4) is 5.75 Å². The van der Waals surface area contributed by atoms with Gasteiger partial charge in [0, 0.05) is 31.7 Å². The van der Waals surface area contributed by atoms with Gasteiger partial charge in [-0.1, -0.05) is 6.07 Å². The Labute approximate surface area is 158 Å². The average Bonchev–Trinajstić information content (AvgIpc) is 2.67. The fourth-order valence-corrected chi connectivity index (χ4v) is 4.60. The molecule has 0 saturated carbocycles. The zero-order chi connectivity index (χ0) is 19.6. The standard InChI is InChI=1S/C19H21FN2O4S/c1-14-12-17(6-7-18(14)26-2)27(24,25)22-10-8-21(9-11-22)19(23)15-4-3-5-16(20)13-15/h3-7,12-13H,8-11H2,1-2H3. The number of piperazine rings is 1. The molecule has 1 amide bonds. The monoisotopic (exact) mass is 392 g/mol. The number of carbonyl (C=O) groups excluding carboxylic acids is 1. The van der Waals surface area contributed by atoms with E-state index in [0.717, 1.165) is 5.56 Å². The number of ether oxygens (including phenoxy) is 1. The number of hydrogen-bond acceptors (Lipinski definition) is 4. The molecule has 144 valence electrons. The Kier molecular flexibility index (Phi) is 5.48. The van der Waals surface area contributed by atoms with Crippen LogP contribution in [0.15, 0.2) is 47.4 Å². The highest BCUT2D eigenvalue weighted by molar-refractivity contribution is 7.89. The Hall–Kier alpha value is -2.45. The van der Waals surface area contributed by atoms with Gasteiger partial charge >= 0.3 is 0 Å². The second kappa shape index (κ2) is 7.66. The lowest BCUT2D eigenvalue weighted by molar-refractivity contribution is 0.0697. The molecular formula is C19H21FN2O4S. The van der Waals surface area contributed by atoms with Crippen LogP contribution in [-0.2, 0) is 10.0 Å². The zero-order valence-corrected chi connectivity index (χ0v) is 16.0. The van der Waals surface area contributed by atoms with Gasteiger partial charge in [0.05, 0.1) is 12.0 Å². The molecule has 0 aliphatic carbocycles. The van der Waals surface area contributed by atoms with Gasteiger partial charge in [-0.3, -0.25) is 4.79 Å². The lowest BCUT2D eigenvalue weighted by Gasteiger charge is -2.34. The van der Waals surface area contributed by atoms with E-state index in [0.29, 0.717) is 5.75 Å². The van der Waals surface area contributed by atoms with E-state index in [1.807, 2.05) is 0 Å². The highest BCUT2D eigenvalue weighted by Crippen LogP contribution is 2.24. The number of sulfonamides is 1. The maximum absolute atomic E-state index is 13.3. The highest BCUT2D eigenvalue weighted by Gasteiger charge is 2.30. The van der Waals surface area contributed by atoms with Gasteiger partial charge in [0.15, 0.2) is 0 Å². The fourth-order valence-electron chi connectivity index (χ4n) is 3.10. The third-order valence-corrected chi connectivity index (χ3v) is 6.50. The Balaban J connectivity index is 1.71. The molecule has 0 aromatic heterocycles. The number of carbonyl (C=O) groups is 1. The largest absolute Gasteiger partial charge is 0.496 e. The van der Waals surface area contributed by atoms with Crippen molar-refractivity contribution in [3.63, 3.8) is 0 Å². The summed E-state index contributed by atoms with van der Waals surface area (Å²) < 4.78 is 45.6. The first-order valence-corrected chi connectivity index (χ1v) is 9.96. The molecule has 0 bridgehead atoms. The summed E-state index contributed by atoms with van der Waals surface area (Å²) in [6.45, 7) is 2.67. The number of halogens is 1.